The van der Waals surface area contributed by atoms with Gasteiger partial charge in [-0.1, -0.05) is 0 Å². The minimum absolute atomic E-state index is 0.0154. The number of alkyl halides is 3. The van der Waals surface area contributed by atoms with Gasteiger partial charge < -0.3 is 5.32 Å². The van der Waals surface area contributed by atoms with Gasteiger partial charge >= 0.3 is 6.18 Å². The van der Waals surface area contributed by atoms with Crippen LogP contribution in [0.3, 0.4) is 0 Å². The van der Waals surface area contributed by atoms with Gasteiger partial charge in [-0.05, 0) is 19.9 Å². The molecule has 0 amide bonds. The number of nitrogens with zero attached hydrogens (tertiary/aromatic N) is 1. The van der Waals surface area contributed by atoms with Crippen LogP contribution in [0.15, 0.2) is 0 Å². The highest BCUT2D eigenvalue weighted by molar-refractivity contribution is 7.89. The summed E-state index contributed by atoms with van der Waals surface area (Å²) in [6.45, 7) is 0.00366. The zero-order valence-electron chi connectivity index (χ0n) is 9.63. The van der Waals surface area contributed by atoms with E-state index in [4.69, 9.17) is 0 Å². The lowest BCUT2D eigenvalue weighted by Gasteiger charge is -2.32. The molecule has 0 aromatic rings. The predicted octanol–water partition coefficient (Wildman–Crippen LogP) is 0.810. The van der Waals surface area contributed by atoms with Gasteiger partial charge in [0, 0.05) is 19.6 Å². The maximum atomic E-state index is 12.5. The fourth-order valence-electron chi connectivity index (χ4n) is 1.82. The number of hydrogen-bond acceptors (Lipinski definition) is 3. The largest absolute Gasteiger partial charge is 0.393 e. The van der Waals surface area contributed by atoms with E-state index in [0.29, 0.717) is 0 Å². The van der Waals surface area contributed by atoms with Gasteiger partial charge in [-0.2, -0.15) is 13.2 Å². The summed E-state index contributed by atoms with van der Waals surface area (Å²) in [7, 11) is -1.97. The van der Waals surface area contributed by atoms with Gasteiger partial charge in [0.1, 0.15) is 0 Å². The average molecular weight is 274 g/mol. The van der Waals surface area contributed by atoms with Crippen molar-refractivity contribution >= 4 is 10.0 Å². The van der Waals surface area contributed by atoms with Gasteiger partial charge in [-0.25, -0.2) is 12.7 Å². The van der Waals surface area contributed by atoms with Crippen LogP contribution in [-0.4, -0.2) is 51.3 Å². The summed E-state index contributed by atoms with van der Waals surface area (Å²) in [5.41, 5.74) is 0. The van der Waals surface area contributed by atoms with E-state index in [9.17, 15) is 21.6 Å². The zero-order chi connectivity index (χ0) is 13.1. The fourth-order valence-corrected chi connectivity index (χ4v) is 3.36. The average Bonchev–Trinajstić information content (AvgIpc) is 2.25. The zero-order valence-corrected chi connectivity index (χ0v) is 10.4. The first-order chi connectivity index (χ1) is 7.77. The van der Waals surface area contributed by atoms with Crippen molar-refractivity contribution in [3.8, 4) is 0 Å². The smallest absolute Gasteiger partial charge is 0.319 e. The normalized spacial score (nSPS) is 23.9. The van der Waals surface area contributed by atoms with E-state index < -0.39 is 28.7 Å². The molecule has 1 unspecified atom stereocenters. The molecule has 4 nitrogen and oxygen atoms in total. The minimum Gasteiger partial charge on any atom is -0.319 e. The van der Waals surface area contributed by atoms with E-state index in [1.54, 1.807) is 7.05 Å². The summed E-state index contributed by atoms with van der Waals surface area (Å²) < 4.78 is 62.0. The topological polar surface area (TPSA) is 49.4 Å². The molecule has 1 aliphatic rings. The highest BCUT2D eigenvalue weighted by atomic mass is 32.2. The van der Waals surface area contributed by atoms with E-state index in [-0.39, 0.29) is 31.7 Å². The Morgan fingerprint density at radius 1 is 1.41 bits per heavy atom. The molecule has 1 atom stereocenters. The van der Waals surface area contributed by atoms with Crippen molar-refractivity contribution in [2.45, 2.75) is 19.0 Å². The molecule has 0 aliphatic carbocycles. The standard InChI is InChI=1S/C9H17F3N2O2S/c1-13-4-6-17(15,16)14-5-2-3-8(7-14)9(10,11)12/h8,13H,2-7H2,1H3. The lowest BCUT2D eigenvalue weighted by atomic mass is 9.99. The summed E-state index contributed by atoms with van der Waals surface area (Å²) in [6.07, 6.45) is -4.03. The van der Waals surface area contributed by atoms with Gasteiger partial charge in [-0.15, -0.1) is 0 Å². The van der Waals surface area contributed by atoms with Gasteiger partial charge in [0.25, 0.3) is 0 Å². The van der Waals surface area contributed by atoms with Gasteiger partial charge in [0.15, 0.2) is 0 Å². The predicted molar refractivity (Wildman–Crippen MR) is 58.1 cm³/mol. The molecule has 0 radical (unpaired) electrons. The highest BCUT2D eigenvalue weighted by Gasteiger charge is 2.43. The van der Waals surface area contributed by atoms with E-state index >= 15 is 0 Å². The van der Waals surface area contributed by atoms with E-state index in [2.05, 4.69) is 5.32 Å². The molecule has 1 heterocycles. The van der Waals surface area contributed by atoms with Gasteiger partial charge in [0.2, 0.25) is 10.0 Å². The van der Waals surface area contributed by atoms with Crippen LogP contribution in [-0.2, 0) is 10.0 Å². The van der Waals surface area contributed by atoms with Crippen molar-refractivity contribution in [3.05, 3.63) is 0 Å². The van der Waals surface area contributed by atoms with Gasteiger partial charge in [-0.3, -0.25) is 0 Å². The van der Waals surface area contributed by atoms with Crippen molar-refractivity contribution < 1.29 is 21.6 Å². The van der Waals surface area contributed by atoms with Crippen LogP contribution in [0.4, 0.5) is 13.2 Å². The Bertz CT molecular complexity index is 343. The summed E-state index contributed by atoms with van der Waals surface area (Å²) in [6, 6.07) is 0. The van der Waals surface area contributed by atoms with Crippen LogP contribution >= 0.6 is 0 Å². The molecule has 0 spiro atoms. The second-order valence-electron chi connectivity index (χ2n) is 4.16. The second kappa shape index (κ2) is 5.53. The number of hydrogen-bond donors (Lipinski definition) is 1. The van der Waals surface area contributed by atoms with Crippen LogP contribution in [0, 0.1) is 5.92 Å². The third-order valence-electron chi connectivity index (χ3n) is 2.85. The monoisotopic (exact) mass is 274 g/mol. The number of halogens is 3. The molecule has 102 valence electrons. The Morgan fingerprint density at radius 2 is 2.06 bits per heavy atom. The first kappa shape index (κ1) is 14.7. The summed E-state index contributed by atoms with van der Waals surface area (Å²) in [5, 5.41) is 2.68. The Kier molecular flexibility index (Phi) is 4.79. The van der Waals surface area contributed by atoms with Crippen molar-refractivity contribution in [2.75, 3.05) is 32.4 Å². The molecular formula is C9H17F3N2O2S. The molecule has 1 fully saturated rings. The van der Waals surface area contributed by atoms with Crippen molar-refractivity contribution in [1.29, 1.82) is 0 Å². The lowest BCUT2D eigenvalue weighted by Crippen LogP contribution is -2.46. The van der Waals surface area contributed by atoms with E-state index in [1.807, 2.05) is 0 Å². The summed E-state index contributed by atoms with van der Waals surface area (Å²) >= 11 is 0. The van der Waals surface area contributed by atoms with Crippen LogP contribution in [0.2, 0.25) is 0 Å². The number of sulfonamides is 1. The Labute approximate surface area is 99.2 Å². The molecule has 1 aliphatic heterocycles. The first-order valence-corrected chi connectivity index (χ1v) is 7.07. The van der Waals surface area contributed by atoms with Crippen LogP contribution in [0.1, 0.15) is 12.8 Å². The summed E-state index contributed by atoms with van der Waals surface area (Å²) in [4.78, 5) is 0. The Balaban J connectivity index is 2.66. The molecule has 1 saturated heterocycles. The van der Waals surface area contributed by atoms with Crippen molar-refractivity contribution in [1.82, 2.24) is 9.62 Å². The molecule has 0 saturated carbocycles. The molecule has 8 heteroatoms. The molecule has 0 aromatic carbocycles. The molecule has 1 N–H and O–H groups in total. The third kappa shape index (κ3) is 4.11. The lowest BCUT2D eigenvalue weighted by molar-refractivity contribution is -0.182. The van der Waals surface area contributed by atoms with Crippen molar-refractivity contribution in [2.24, 2.45) is 5.92 Å². The molecular weight excluding hydrogens is 257 g/mol. The number of rotatable bonds is 4. The molecule has 1 rings (SSSR count). The molecule has 0 aromatic heterocycles. The number of nitrogens with one attached hydrogen (secondary N) is 1. The number of piperidine rings is 1. The van der Waals surface area contributed by atoms with Crippen molar-refractivity contribution in [3.63, 3.8) is 0 Å². The van der Waals surface area contributed by atoms with Gasteiger partial charge in [0.05, 0.1) is 11.7 Å². The quantitative estimate of drug-likeness (QED) is 0.825. The fraction of sp³-hybridized carbons (Fsp3) is 1.00. The maximum absolute atomic E-state index is 12.5. The van der Waals surface area contributed by atoms with Crippen LogP contribution in [0.5, 0.6) is 0 Å². The van der Waals surface area contributed by atoms with E-state index in [1.165, 1.54) is 0 Å². The Morgan fingerprint density at radius 3 is 2.59 bits per heavy atom. The first-order valence-electron chi connectivity index (χ1n) is 5.46. The second-order valence-corrected chi connectivity index (χ2v) is 6.25. The summed E-state index contributed by atoms with van der Waals surface area (Å²) in [5.74, 6) is -1.69. The van der Waals surface area contributed by atoms with E-state index in [0.717, 1.165) is 4.31 Å². The van der Waals surface area contributed by atoms with Crippen LogP contribution in [0.25, 0.3) is 0 Å². The third-order valence-corrected chi connectivity index (χ3v) is 4.69. The highest BCUT2D eigenvalue weighted by Crippen LogP contribution is 2.33. The minimum atomic E-state index is -4.31. The Hall–Kier alpha value is -0.340. The SMILES string of the molecule is CNCCS(=O)(=O)N1CCCC(C(F)(F)F)C1. The van der Waals surface area contributed by atoms with Crippen LogP contribution < -0.4 is 5.32 Å². The molecule has 17 heavy (non-hydrogen) atoms. The maximum Gasteiger partial charge on any atom is 0.393 e. The molecule has 0 bridgehead atoms.